The molecule has 142 valence electrons. The van der Waals surface area contributed by atoms with Crippen molar-refractivity contribution in [2.24, 2.45) is 5.92 Å². The molecule has 1 aliphatic rings. The standard InChI is InChI=1S/C21H19N3O4/c1-26-17-6-5-14-9-15(13-27-19(14)11-17)21(25)24-16-3-2-4-18(10-16)28-20-12-22-7-8-23-20/h2-8,10-12,15H,9,13H2,1H3,(H,24,25). The van der Waals surface area contributed by atoms with Crippen LogP contribution in [0.3, 0.4) is 0 Å². The van der Waals surface area contributed by atoms with E-state index in [-0.39, 0.29) is 11.8 Å². The van der Waals surface area contributed by atoms with E-state index in [4.69, 9.17) is 14.2 Å². The van der Waals surface area contributed by atoms with Crippen LogP contribution in [0.5, 0.6) is 23.1 Å². The van der Waals surface area contributed by atoms with Crippen molar-refractivity contribution >= 4 is 11.6 Å². The van der Waals surface area contributed by atoms with Gasteiger partial charge in [0.15, 0.2) is 0 Å². The summed E-state index contributed by atoms with van der Waals surface area (Å²) in [4.78, 5) is 20.7. The third kappa shape index (κ3) is 4.03. The third-order valence-corrected chi connectivity index (χ3v) is 4.41. The Balaban J connectivity index is 1.42. The lowest BCUT2D eigenvalue weighted by Gasteiger charge is -2.25. The molecule has 0 saturated carbocycles. The molecule has 1 unspecified atom stereocenters. The van der Waals surface area contributed by atoms with Crippen molar-refractivity contribution in [3.8, 4) is 23.1 Å². The molecule has 7 nitrogen and oxygen atoms in total. The van der Waals surface area contributed by atoms with E-state index in [0.717, 1.165) is 17.1 Å². The van der Waals surface area contributed by atoms with Crippen molar-refractivity contribution in [2.75, 3.05) is 19.0 Å². The van der Waals surface area contributed by atoms with Crippen molar-refractivity contribution in [3.05, 3.63) is 66.6 Å². The quantitative estimate of drug-likeness (QED) is 0.733. The molecule has 3 aromatic rings. The van der Waals surface area contributed by atoms with Gasteiger partial charge in [0, 0.05) is 30.2 Å². The normalized spacial score (nSPS) is 15.1. The number of amides is 1. The molecule has 1 N–H and O–H groups in total. The summed E-state index contributed by atoms with van der Waals surface area (Å²) >= 11 is 0. The van der Waals surface area contributed by atoms with Crippen LogP contribution in [0.25, 0.3) is 0 Å². The molecule has 1 aromatic heterocycles. The summed E-state index contributed by atoms with van der Waals surface area (Å²) in [6, 6.07) is 12.8. The van der Waals surface area contributed by atoms with Crippen molar-refractivity contribution in [1.82, 2.24) is 9.97 Å². The Morgan fingerprint density at radius 3 is 2.93 bits per heavy atom. The lowest BCUT2D eigenvalue weighted by molar-refractivity contribution is -0.121. The van der Waals surface area contributed by atoms with Gasteiger partial charge < -0.3 is 19.5 Å². The van der Waals surface area contributed by atoms with Crippen LogP contribution in [0.4, 0.5) is 5.69 Å². The van der Waals surface area contributed by atoms with Crippen molar-refractivity contribution in [3.63, 3.8) is 0 Å². The van der Waals surface area contributed by atoms with E-state index in [1.54, 1.807) is 37.7 Å². The van der Waals surface area contributed by atoms with Crippen LogP contribution in [0.2, 0.25) is 0 Å². The fourth-order valence-corrected chi connectivity index (χ4v) is 2.99. The summed E-state index contributed by atoms with van der Waals surface area (Å²) in [5.41, 5.74) is 1.64. The zero-order chi connectivity index (χ0) is 19.3. The summed E-state index contributed by atoms with van der Waals surface area (Å²) < 4.78 is 16.6. The average molecular weight is 377 g/mol. The molecular weight excluding hydrogens is 358 g/mol. The van der Waals surface area contributed by atoms with Gasteiger partial charge in [-0.2, -0.15) is 0 Å². The van der Waals surface area contributed by atoms with Gasteiger partial charge in [-0.25, -0.2) is 4.98 Å². The van der Waals surface area contributed by atoms with E-state index >= 15 is 0 Å². The Bertz CT molecular complexity index is 978. The second kappa shape index (κ2) is 7.96. The second-order valence-corrected chi connectivity index (χ2v) is 6.35. The van der Waals surface area contributed by atoms with E-state index in [2.05, 4.69) is 15.3 Å². The highest BCUT2D eigenvalue weighted by Crippen LogP contribution is 2.31. The van der Waals surface area contributed by atoms with Crippen molar-refractivity contribution < 1.29 is 19.0 Å². The van der Waals surface area contributed by atoms with Crippen molar-refractivity contribution in [1.29, 1.82) is 0 Å². The van der Waals surface area contributed by atoms with Gasteiger partial charge in [-0.3, -0.25) is 9.78 Å². The Kier molecular flexibility index (Phi) is 5.05. The number of rotatable bonds is 5. The van der Waals surface area contributed by atoms with Gasteiger partial charge in [0.05, 0.1) is 19.2 Å². The number of carbonyl (C=O) groups excluding carboxylic acids is 1. The first-order valence-electron chi connectivity index (χ1n) is 8.86. The summed E-state index contributed by atoms with van der Waals surface area (Å²) in [6.07, 6.45) is 5.26. The average Bonchev–Trinajstić information content (AvgIpc) is 2.74. The molecule has 0 saturated heterocycles. The number of hydrogen-bond acceptors (Lipinski definition) is 6. The Morgan fingerprint density at radius 1 is 1.18 bits per heavy atom. The summed E-state index contributed by atoms with van der Waals surface area (Å²) in [5.74, 6) is 2.09. The topological polar surface area (TPSA) is 82.6 Å². The predicted molar refractivity (Wildman–Crippen MR) is 103 cm³/mol. The number of fused-ring (bicyclic) bond motifs is 1. The SMILES string of the molecule is COc1ccc2c(c1)OCC(C(=O)Nc1cccc(Oc3cnccn3)c1)C2. The van der Waals surface area contributed by atoms with Crippen LogP contribution < -0.4 is 19.5 Å². The number of benzene rings is 2. The molecule has 28 heavy (non-hydrogen) atoms. The maximum atomic E-state index is 12.7. The van der Waals surface area contributed by atoms with Crippen LogP contribution in [0, 0.1) is 5.92 Å². The van der Waals surface area contributed by atoms with Crippen LogP contribution in [-0.4, -0.2) is 29.6 Å². The maximum Gasteiger partial charge on any atom is 0.237 e. The van der Waals surface area contributed by atoms with Gasteiger partial charge in [-0.05, 0) is 30.2 Å². The number of ether oxygens (including phenoxy) is 3. The minimum Gasteiger partial charge on any atom is -0.497 e. The molecule has 0 bridgehead atoms. The van der Waals surface area contributed by atoms with Crippen LogP contribution in [0.1, 0.15) is 5.56 Å². The maximum absolute atomic E-state index is 12.7. The summed E-state index contributed by atoms with van der Waals surface area (Å²) in [7, 11) is 1.61. The first-order valence-corrected chi connectivity index (χ1v) is 8.86. The second-order valence-electron chi connectivity index (χ2n) is 6.35. The number of nitrogens with zero attached hydrogens (tertiary/aromatic N) is 2. The van der Waals surface area contributed by atoms with Crippen LogP contribution in [0.15, 0.2) is 61.1 Å². The fourth-order valence-electron chi connectivity index (χ4n) is 2.99. The summed E-state index contributed by atoms with van der Waals surface area (Å²) in [6.45, 7) is 0.321. The molecular formula is C21H19N3O4. The number of nitrogens with one attached hydrogen (secondary N) is 1. The van der Waals surface area contributed by atoms with Gasteiger partial charge in [0.25, 0.3) is 0 Å². The largest absolute Gasteiger partial charge is 0.497 e. The zero-order valence-corrected chi connectivity index (χ0v) is 15.3. The number of aromatic nitrogens is 2. The smallest absolute Gasteiger partial charge is 0.237 e. The minimum atomic E-state index is -0.273. The van der Waals surface area contributed by atoms with E-state index < -0.39 is 0 Å². The number of anilines is 1. The molecule has 1 atom stereocenters. The minimum absolute atomic E-state index is 0.0990. The Morgan fingerprint density at radius 2 is 2.11 bits per heavy atom. The van der Waals surface area contributed by atoms with E-state index in [1.165, 1.54) is 6.20 Å². The molecule has 2 heterocycles. The number of methoxy groups -OCH3 is 1. The molecule has 7 heteroatoms. The lowest BCUT2D eigenvalue weighted by atomic mass is 9.96. The highest BCUT2D eigenvalue weighted by molar-refractivity contribution is 5.93. The third-order valence-electron chi connectivity index (χ3n) is 4.41. The van der Waals surface area contributed by atoms with Crippen LogP contribution in [-0.2, 0) is 11.2 Å². The molecule has 4 rings (SSSR count). The van der Waals surface area contributed by atoms with Gasteiger partial charge >= 0.3 is 0 Å². The van der Waals surface area contributed by atoms with Crippen molar-refractivity contribution in [2.45, 2.75) is 6.42 Å². The highest BCUT2D eigenvalue weighted by Gasteiger charge is 2.26. The lowest BCUT2D eigenvalue weighted by Crippen LogP contribution is -2.32. The zero-order valence-electron chi connectivity index (χ0n) is 15.3. The monoisotopic (exact) mass is 377 g/mol. The van der Waals surface area contributed by atoms with Gasteiger partial charge in [-0.1, -0.05) is 12.1 Å². The van der Waals surface area contributed by atoms with Gasteiger partial charge in [0.2, 0.25) is 11.8 Å². The van der Waals surface area contributed by atoms with E-state index in [9.17, 15) is 4.79 Å². The first-order chi connectivity index (χ1) is 13.7. The fraction of sp³-hybridized carbons (Fsp3) is 0.190. The molecule has 1 amide bonds. The predicted octanol–water partition coefficient (Wildman–Crippen LogP) is 3.47. The molecule has 0 aliphatic carbocycles. The molecule has 0 fully saturated rings. The molecule has 1 aliphatic heterocycles. The molecule has 2 aromatic carbocycles. The molecule has 0 radical (unpaired) electrons. The van der Waals surface area contributed by atoms with E-state index in [0.29, 0.717) is 30.3 Å². The number of carbonyl (C=O) groups is 1. The van der Waals surface area contributed by atoms with Crippen LogP contribution >= 0.6 is 0 Å². The van der Waals surface area contributed by atoms with E-state index in [1.807, 2.05) is 24.3 Å². The Labute approximate surface area is 162 Å². The highest BCUT2D eigenvalue weighted by atomic mass is 16.5. The first kappa shape index (κ1) is 17.8. The van der Waals surface area contributed by atoms with Gasteiger partial charge in [-0.15, -0.1) is 0 Å². The van der Waals surface area contributed by atoms with Gasteiger partial charge in [0.1, 0.15) is 23.9 Å². The summed E-state index contributed by atoms with van der Waals surface area (Å²) in [5, 5.41) is 2.93. The number of hydrogen-bond donors (Lipinski definition) is 1. The Hall–Kier alpha value is -3.61. The molecule has 0 spiro atoms.